The zero-order valence-electron chi connectivity index (χ0n) is 11.2. The van der Waals surface area contributed by atoms with Crippen molar-refractivity contribution in [1.82, 2.24) is 10.2 Å². The largest absolute Gasteiger partial charge is 0.508 e. The van der Waals surface area contributed by atoms with Crippen LogP contribution in [0.1, 0.15) is 28.8 Å². The Bertz CT molecular complexity index is 487. The van der Waals surface area contributed by atoms with Crippen molar-refractivity contribution < 1.29 is 9.90 Å². The molecule has 0 aliphatic carbocycles. The number of hydrogen-bond acceptors (Lipinski definition) is 3. The molecule has 1 aromatic carbocycles. The van der Waals surface area contributed by atoms with E-state index >= 15 is 0 Å². The third-order valence-electron chi connectivity index (χ3n) is 4.34. The van der Waals surface area contributed by atoms with E-state index in [0.717, 1.165) is 25.2 Å². The van der Waals surface area contributed by atoms with Gasteiger partial charge in [0.05, 0.1) is 0 Å². The minimum atomic E-state index is 0.0338. The summed E-state index contributed by atoms with van der Waals surface area (Å²) in [5.41, 5.74) is 1.38. The first kappa shape index (κ1) is 12.5. The zero-order valence-corrected chi connectivity index (χ0v) is 11.2. The molecule has 1 amide bonds. The molecule has 0 bridgehead atoms. The van der Waals surface area contributed by atoms with Crippen LogP contribution in [0.4, 0.5) is 0 Å². The number of phenolic OH excluding ortho intramolecular Hbond substituents is 1. The topological polar surface area (TPSA) is 52.6 Å². The Hall–Kier alpha value is -1.55. The van der Waals surface area contributed by atoms with Crippen LogP contribution in [-0.2, 0) is 0 Å². The van der Waals surface area contributed by atoms with Gasteiger partial charge < -0.3 is 15.3 Å². The van der Waals surface area contributed by atoms with Crippen molar-refractivity contribution in [3.05, 3.63) is 29.3 Å². The van der Waals surface area contributed by atoms with Crippen LogP contribution in [0, 0.1) is 12.8 Å². The number of nitrogens with one attached hydrogen (secondary N) is 1. The number of phenols is 1. The second-order valence-corrected chi connectivity index (χ2v) is 5.67. The van der Waals surface area contributed by atoms with Gasteiger partial charge in [-0.25, -0.2) is 0 Å². The maximum atomic E-state index is 12.4. The lowest BCUT2D eigenvalue weighted by atomic mass is 9.94. The summed E-state index contributed by atoms with van der Waals surface area (Å²) >= 11 is 0. The molecule has 4 heteroatoms. The third kappa shape index (κ3) is 2.32. The predicted molar refractivity (Wildman–Crippen MR) is 73.3 cm³/mol. The highest BCUT2D eigenvalue weighted by Crippen LogP contribution is 2.27. The van der Waals surface area contributed by atoms with Crippen LogP contribution in [-0.4, -0.2) is 41.6 Å². The monoisotopic (exact) mass is 260 g/mol. The third-order valence-corrected chi connectivity index (χ3v) is 4.34. The smallest absolute Gasteiger partial charge is 0.254 e. The van der Waals surface area contributed by atoms with Gasteiger partial charge in [-0.3, -0.25) is 4.79 Å². The van der Waals surface area contributed by atoms with Crippen LogP contribution in [0.3, 0.4) is 0 Å². The summed E-state index contributed by atoms with van der Waals surface area (Å²) in [6, 6.07) is 5.63. The molecule has 0 spiro atoms. The van der Waals surface area contributed by atoms with Crippen molar-refractivity contribution in [1.29, 1.82) is 0 Å². The Labute approximate surface area is 113 Å². The fourth-order valence-corrected chi connectivity index (χ4v) is 3.14. The van der Waals surface area contributed by atoms with Crippen LogP contribution < -0.4 is 5.32 Å². The van der Waals surface area contributed by atoms with E-state index in [4.69, 9.17) is 0 Å². The molecule has 2 N–H and O–H groups in total. The second-order valence-electron chi connectivity index (χ2n) is 5.67. The first-order valence-corrected chi connectivity index (χ1v) is 6.97. The molecule has 2 saturated heterocycles. The van der Waals surface area contributed by atoms with Gasteiger partial charge in [-0.1, -0.05) is 6.07 Å². The number of carbonyl (C=O) groups excluding carboxylic acids is 1. The van der Waals surface area contributed by atoms with Crippen molar-refractivity contribution in [2.45, 2.75) is 25.8 Å². The lowest BCUT2D eigenvalue weighted by molar-refractivity contribution is 0.0785. The fourth-order valence-electron chi connectivity index (χ4n) is 3.14. The van der Waals surface area contributed by atoms with E-state index < -0.39 is 0 Å². The Kier molecular flexibility index (Phi) is 3.19. The van der Waals surface area contributed by atoms with Gasteiger partial charge in [-0.15, -0.1) is 0 Å². The minimum absolute atomic E-state index is 0.0338. The molecular formula is C15H20N2O2. The molecule has 2 aliphatic rings. The summed E-state index contributed by atoms with van der Waals surface area (Å²) in [6.07, 6.45) is 2.41. The zero-order chi connectivity index (χ0) is 13.4. The molecule has 1 aromatic rings. The van der Waals surface area contributed by atoms with Crippen molar-refractivity contribution in [2.75, 3.05) is 19.6 Å². The number of piperidine rings is 1. The van der Waals surface area contributed by atoms with Crippen LogP contribution >= 0.6 is 0 Å². The minimum Gasteiger partial charge on any atom is -0.508 e. The van der Waals surface area contributed by atoms with Crippen molar-refractivity contribution in [3.8, 4) is 5.75 Å². The van der Waals surface area contributed by atoms with E-state index in [1.54, 1.807) is 18.2 Å². The van der Waals surface area contributed by atoms with Gasteiger partial charge in [0.15, 0.2) is 0 Å². The van der Waals surface area contributed by atoms with Gasteiger partial charge >= 0.3 is 0 Å². The number of nitrogens with zero attached hydrogens (tertiary/aromatic N) is 1. The van der Waals surface area contributed by atoms with E-state index in [-0.39, 0.29) is 11.7 Å². The molecule has 2 fully saturated rings. The summed E-state index contributed by atoms with van der Waals surface area (Å²) in [6.45, 7) is 4.52. The molecule has 3 rings (SSSR count). The molecule has 0 aromatic heterocycles. The van der Waals surface area contributed by atoms with Gasteiger partial charge in [0.25, 0.3) is 5.91 Å². The number of aromatic hydroxyl groups is 1. The second kappa shape index (κ2) is 4.85. The van der Waals surface area contributed by atoms with Gasteiger partial charge in [-0.2, -0.15) is 0 Å². The highest BCUT2D eigenvalue weighted by atomic mass is 16.3. The van der Waals surface area contributed by atoms with E-state index in [9.17, 15) is 9.90 Å². The number of likely N-dealkylation sites (tertiary alicyclic amines) is 1. The fraction of sp³-hybridized carbons (Fsp3) is 0.533. The van der Waals surface area contributed by atoms with Gasteiger partial charge in [0.1, 0.15) is 5.75 Å². The number of rotatable bonds is 1. The summed E-state index contributed by atoms with van der Waals surface area (Å²) < 4.78 is 0. The quantitative estimate of drug-likeness (QED) is 0.805. The Morgan fingerprint density at radius 1 is 1.42 bits per heavy atom. The molecule has 2 heterocycles. The average Bonchev–Trinajstić information content (AvgIpc) is 2.85. The maximum absolute atomic E-state index is 12.4. The van der Waals surface area contributed by atoms with E-state index in [0.29, 0.717) is 17.5 Å². The van der Waals surface area contributed by atoms with Crippen LogP contribution in [0.2, 0.25) is 0 Å². The van der Waals surface area contributed by atoms with Crippen LogP contribution in [0.25, 0.3) is 0 Å². The average molecular weight is 260 g/mol. The summed E-state index contributed by atoms with van der Waals surface area (Å²) in [4.78, 5) is 14.4. The van der Waals surface area contributed by atoms with Gasteiger partial charge in [-0.05, 0) is 49.9 Å². The van der Waals surface area contributed by atoms with Crippen LogP contribution in [0.15, 0.2) is 18.2 Å². The molecule has 2 aliphatic heterocycles. The molecule has 102 valence electrons. The molecule has 0 radical (unpaired) electrons. The highest BCUT2D eigenvalue weighted by molar-refractivity contribution is 5.95. The molecular weight excluding hydrogens is 240 g/mol. The van der Waals surface area contributed by atoms with Crippen molar-refractivity contribution in [3.63, 3.8) is 0 Å². The summed E-state index contributed by atoms with van der Waals surface area (Å²) in [5.74, 6) is 0.823. The predicted octanol–water partition coefficient (Wildman–Crippen LogP) is 1.52. The van der Waals surface area contributed by atoms with E-state index in [1.807, 2.05) is 11.8 Å². The highest BCUT2D eigenvalue weighted by Gasteiger charge is 2.36. The standard InChI is InChI=1S/C15H20N2O2/c1-10-4-5-11(7-14(10)18)15(19)17-8-12-3-2-6-16-13(12)9-17/h4-5,7,12-13,16,18H,2-3,6,8-9H2,1H3/t12-,13+/m0/s1. The van der Waals surface area contributed by atoms with E-state index in [1.165, 1.54) is 12.8 Å². The first-order valence-electron chi connectivity index (χ1n) is 6.97. The number of amides is 1. The Balaban J connectivity index is 1.75. The summed E-state index contributed by atoms with van der Waals surface area (Å²) in [7, 11) is 0. The number of hydrogen-bond donors (Lipinski definition) is 2. The molecule has 0 unspecified atom stereocenters. The lowest BCUT2D eigenvalue weighted by Gasteiger charge is -2.24. The number of benzene rings is 1. The molecule has 4 nitrogen and oxygen atoms in total. The number of fused-ring (bicyclic) bond motifs is 1. The first-order chi connectivity index (χ1) is 9.15. The van der Waals surface area contributed by atoms with Crippen molar-refractivity contribution >= 4 is 5.91 Å². The Morgan fingerprint density at radius 3 is 3.00 bits per heavy atom. The molecule has 19 heavy (non-hydrogen) atoms. The SMILES string of the molecule is Cc1ccc(C(=O)N2C[C@@H]3CCCN[C@@H]3C2)cc1O. The molecule has 0 saturated carbocycles. The number of carbonyl (C=O) groups is 1. The van der Waals surface area contributed by atoms with E-state index in [2.05, 4.69) is 5.32 Å². The summed E-state index contributed by atoms with van der Waals surface area (Å²) in [5, 5.41) is 13.2. The normalized spacial score (nSPS) is 26.3. The van der Waals surface area contributed by atoms with Gasteiger partial charge in [0.2, 0.25) is 0 Å². The molecule has 2 atom stereocenters. The van der Waals surface area contributed by atoms with Gasteiger partial charge in [0, 0.05) is 24.7 Å². The van der Waals surface area contributed by atoms with Crippen LogP contribution in [0.5, 0.6) is 5.75 Å². The maximum Gasteiger partial charge on any atom is 0.254 e. The lowest BCUT2D eigenvalue weighted by Crippen LogP contribution is -2.41. The van der Waals surface area contributed by atoms with Crippen molar-refractivity contribution in [2.24, 2.45) is 5.92 Å². The number of aryl methyl sites for hydroxylation is 1. The Morgan fingerprint density at radius 2 is 2.26 bits per heavy atom.